The number of carbonyl (C=O) groups is 4. The first-order valence-electron chi connectivity index (χ1n) is 22.2. The van der Waals surface area contributed by atoms with E-state index in [0.29, 0.717) is 45.4 Å². The van der Waals surface area contributed by atoms with Crippen molar-refractivity contribution in [3.8, 4) is 0 Å². The average Bonchev–Trinajstić information content (AvgIpc) is 3.15. The highest BCUT2D eigenvalue weighted by molar-refractivity contribution is 5.87. The number of guanidine groups is 1. The summed E-state index contributed by atoms with van der Waals surface area (Å²) in [7, 11) is 0. The van der Waals surface area contributed by atoms with Crippen LogP contribution >= 0.6 is 0 Å². The van der Waals surface area contributed by atoms with Gasteiger partial charge in [-0.3, -0.25) is 24.2 Å². The first-order valence-corrected chi connectivity index (χ1v) is 22.2. The Kier molecular flexibility index (Phi) is 35.1. The summed E-state index contributed by atoms with van der Waals surface area (Å²) in [6.07, 6.45) is 26.1. The van der Waals surface area contributed by atoms with E-state index in [1.54, 1.807) is 0 Å². The predicted octanol–water partition coefficient (Wildman–Crippen LogP) is 8.79. The number of ether oxygens (including phenoxy) is 2. The molecule has 0 saturated carbocycles. The minimum atomic E-state index is -0.748. The zero-order valence-electron chi connectivity index (χ0n) is 35.2. The molecule has 2 amide bonds. The van der Waals surface area contributed by atoms with Crippen LogP contribution in [0.5, 0.6) is 0 Å². The lowest BCUT2D eigenvalue weighted by Crippen LogP contribution is -2.47. The Morgan fingerprint density at radius 3 is 1.57 bits per heavy atom. The van der Waals surface area contributed by atoms with E-state index < -0.39 is 6.04 Å². The average molecular weight is 766 g/mol. The summed E-state index contributed by atoms with van der Waals surface area (Å²) in [6, 6.07) is -0.748. The second-order valence-electron chi connectivity index (χ2n) is 15.2. The third-order valence-electron chi connectivity index (χ3n) is 10.0. The van der Waals surface area contributed by atoms with Gasteiger partial charge in [0.05, 0.1) is 25.0 Å². The highest BCUT2D eigenvalue weighted by Gasteiger charge is 2.22. The third kappa shape index (κ3) is 30.5. The lowest BCUT2D eigenvalue weighted by molar-refractivity contribution is -0.150. The summed E-state index contributed by atoms with van der Waals surface area (Å²) < 4.78 is 11.3. The number of aliphatic imine (C=N–C) groups is 1. The summed E-state index contributed by atoms with van der Waals surface area (Å²) in [5.74, 6) is -0.676. The van der Waals surface area contributed by atoms with Crippen LogP contribution in [0.25, 0.3) is 0 Å². The molecule has 2 unspecified atom stereocenters. The van der Waals surface area contributed by atoms with Gasteiger partial charge in [0.1, 0.15) is 6.04 Å². The summed E-state index contributed by atoms with van der Waals surface area (Å²) in [4.78, 5) is 55.1. The van der Waals surface area contributed by atoms with Crippen LogP contribution in [0.15, 0.2) is 4.99 Å². The minimum Gasteiger partial charge on any atom is -0.465 e. The molecule has 0 aliphatic rings. The lowest BCUT2D eigenvalue weighted by Gasteiger charge is -2.18. The van der Waals surface area contributed by atoms with Gasteiger partial charge in [0.25, 0.3) is 0 Å². The number of carbonyl (C=O) groups excluding carboxylic acids is 4. The molecule has 0 radical (unpaired) electrons. The van der Waals surface area contributed by atoms with Gasteiger partial charge in [-0.1, -0.05) is 137 Å². The highest BCUT2D eigenvalue weighted by Crippen LogP contribution is 2.21. The zero-order chi connectivity index (χ0) is 40.1. The Labute approximate surface area is 330 Å². The van der Waals surface area contributed by atoms with Crippen LogP contribution in [-0.2, 0) is 28.7 Å². The number of rotatable bonds is 38. The van der Waals surface area contributed by atoms with Crippen molar-refractivity contribution in [2.45, 2.75) is 207 Å². The lowest BCUT2D eigenvalue weighted by atomic mass is 9.94. The molecule has 0 spiro atoms. The van der Waals surface area contributed by atoms with Gasteiger partial charge in [-0.15, -0.1) is 0 Å². The van der Waals surface area contributed by atoms with Gasteiger partial charge in [0, 0.05) is 19.5 Å². The number of nitrogens with zero attached hydrogens (tertiary/aromatic N) is 1. The maximum atomic E-state index is 13.0. The molecule has 0 heterocycles. The maximum absolute atomic E-state index is 13.0. The summed E-state index contributed by atoms with van der Waals surface area (Å²) in [5.41, 5.74) is 10.9. The van der Waals surface area contributed by atoms with Gasteiger partial charge < -0.3 is 31.6 Å². The molecule has 0 aromatic rings. The Hall–Kier alpha value is -2.85. The Morgan fingerprint density at radius 2 is 1.00 bits per heavy atom. The summed E-state index contributed by atoms with van der Waals surface area (Å²) in [6.45, 7) is 10.1. The van der Waals surface area contributed by atoms with E-state index in [2.05, 4.69) is 43.3 Å². The fourth-order valence-electron chi connectivity index (χ4n) is 6.66. The van der Waals surface area contributed by atoms with E-state index in [1.807, 2.05) is 0 Å². The standard InChI is InChI=1S/C43H83N5O6/c1-5-9-12-14-16-21-29-37(28-20-13-10-6-2)42(52)53-34-24-18-15-17-22-30-39(49)48-38(31-33-47-43(44)45)40(50)46-32-23-25-35-54-41(51)36(26-8-4)27-19-11-7-3/h36-38H,5-35H2,1-4H3,(H,46,50)(H,48,49)(H4,44,45,47)/t36?,37?,38-/m0/s1. The number of esters is 2. The fourth-order valence-corrected chi connectivity index (χ4v) is 6.66. The molecule has 0 saturated heterocycles. The van der Waals surface area contributed by atoms with Crippen molar-refractivity contribution in [1.82, 2.24) is 10.6 Å². The first-order chi connectivity index (χ1) is 26.2. The van der Waals surface area contributed by atoms with Crippen molar-refractivity contribution < 1.29 is 28.7 Å². The number of hydrogen-bond acceptors (Lipinski definition) is 7. The van der Waals surface area contributed by atoms with E-state index in [4.69, 9.17) is 20.9 Å². The molecule has 0 bridgehead atoms. The minimum absolute atomic E-state index is 0.0235. The van der Waals surface area contributed by atoms with Crippen molar-refractivity contribution in [2.75, 3.05) is 26.3 Å². The van der Waals surface area contributed by atoms with E-state index in [0.717, 1.165) is 89.9 Å². The van der Waals surface area contributed by atoms with Crippen LogP contribution in [0.4, 0.5) is 0 Å². The number of unbranched alkanes of at least 4 members (excludes halogenated alkanes) is 15. The molecule has 0 aliphatic heterocycles. The second kappa shape index (κ2) is 37.1. The maximum Gasteiger partial charge on any atom is 0.308 e. The molecular weight excluding hydrogens is 683 g/mol. The largest absolute Gasteiger partial charge is 0.465 e. The Bertz CT molecular complexity index is 974. The molecule has 0 fully saturated rings. The topological polar surface area (TPSA) is 175 Å². The van der Waals surface area contributed by atoms with Crippen LogP contribution in [0.3, 0.4) is 0 Å². The number of nitrogens with one attached hydrogen (secondary N) is 2. The van der Waals surface area contributed by atoms with Gasteiger partial charge >= 0.3 is 11.9 Å². The summed E-state index contributed by atoms with van der Waals surface area (Å²) >= 11 is 0. The van der Waals surface area contributed by atoms with Crippen LogP contribution < -0.4 is 22.1 Å². The van der Waals surface area contributed by atoms with Gasteiger partial charge in [0.15, 0.2) is 5.96 Å². The number of hydrogen-bond donors (Lipinski definition) is 4. The molecule has 11 nitrogen and oxygen atoms in total. The van der Waals surface area contributed by atoms with Gasteiger partial charge in [-0.05, 0) is 57.8 Å². The zero-order valence-corrected chi connectivity index (χ0v) is 35.2. The fraction of sp³-hybridized carbons (Fsp3) is 0.884. The van der Waals surface area contributed by atoms with E-state index in [9.17, 15) is 19.2 Å². The Morgan fingerprint density at radius 1 is 0.537 bits per heavy atom. The SMILES string of the molecule is CCCCCCCCC(CCCCCC)C(=O)OCCCCCCCC(=O)N[C@@H](CCN=C(N)N)C(=O)NCCCCOC(=O)C(CCC)CCCCC. The molecule has 0 aromatic carbocycles. The second-order valence-corrected chi connectivity index (χ2v) is 15.2. The third-order valence-corrected chi connectivity index (χ3v) is 10.0. The van der Waals surface area contributed by atoms with Crippen molar-refractivity contribution in [2.24, 2.45) is 28.3 Å². The molecular formula is C43H83N5O6. The number of nitrogens with two attached hydrogens (primary N) is 2. The Balaban J connectivity index is 4.46. The van der Waals surface area contributed by atoms with Crippen molar-refractivity contribution >= 4 is 29.7 Å². The van der Waals surface area contributed by atoms with Gasteiger partial charge in [-0.25, -0.2) is 0 Å². The molecule has 11 heteroatoms. The smallest absolute Gasteiger partial charge is 0.308 e. The first kappa shape index (κ1) is 51.1. The molecule has 3 atom stereocenters. The van der Waals surface area contributed by atoms with Crippen LogP contribution in [0, 0.1) is 11.8 Å². The van der Waals surface area contributed by atoms with Crippen LogP contribution in [-0.4, -0.2) is 62.1 Å². The quantitative estimate of drug-likeness (QED) is 0.0209. The van der Waals surface area contributed by atoms with Crippen molar-refractivity contribution in [1.29, 1.82) is 0 Å². The van der Waals surface area contributed by atoms with E-state index >= 15 is 0 Å². The molecule has 0 aromatic heterocycles. The molecule has 0 aliphatic carbocycles. The molecule has 6 N–H and O–H groups in total. The van der Waals surface area contributed by atoms with Crippen LogP contribution in [0.1, 0.15) is 201 Å². The van der Waals surface area contributed by atoms with Gasteiger partial charge in [-0.2, -0.15) is 0 Å². The van der Waals surface area contributed by atoms with Crippen LogP contribution in [0.2, 0.25) is 0 Å². The highest BCUT2D eigenvalue weighted by atomic mass is 16.5. The monoisotopic (exact) mass is 766 g/mol. The normalized spacial score (nSPS) is 12.7. The molecule has 316 valence electrons. The number of amides is 2. The molecule has 0 rings (SSSR count). The molecule has 54 heavy (non-hydrogen) atoms. The van der Waals surface area contributed by atoms with E-state index in [-0.39, 0.29) is 54.5 Å². The summed E-state index contributed by atoms with van der Waals surface area (Å²) in [5, 5.41) is 5.75. The van der Waals surface area contributed by atoms with Crippen molar-refractivity contribution in [3.05, 3.63) is 0 Å². The predicted molar refractivity (Wildman–Crippen MR) is 222 cm³/mol. The van der Waals surface area contributed by atoms with Crippen molar-refractivity contribution in [3.63, 3.8) is 0 Å². The van der Waals surface area contributed by atoms with Gasteiger partial charge in [0.2, 0.25) is 11.8 Å². The van der Waals surface area contributed by atoms with E-state index in [1.165, 1.54) is 51.4 Å².